The molecular weight excluding hydrogens is 198 g/mol. The average Bonchev–Trinajstić information content (AvgIpc) is 2.60. The highest BCUT2D eigenvalue weighted by molar-refractivity contribution is 5.29. The minimum atomic E-state index is 0.405. The van der Waals surface area contributed by atoms with Crippen LogP contribution in [0.25, 0.3) is 0 Å². The molecule has 1 saturated carbocycles. The number of aromatic nitrogens is 2. The van der Waals surface area contributed by atoms with Crippen LogP contribution in [0.1, 0.15) is 32.3 Å². The minimum absolute atomic E-state index is 0.405. The van der Waals surface area contributed by atoms with Crippen molar-refractivity contribution in [3.8, 4) is 11.8 Å². The van der Waals surface area contributed by atoms with Crippen LogP contribution in [0, 0.1) is 23.2 Å². The Morgan fingerprint density at radius 3 is 2.94 bits per heavy atom. The summed E-state index contributed by atoms with van der Waals surface area (Å²) in [5.41, 5.74) is 6.83. The molecule has 0 bridgehead atoms. The van der Waals surface area contributed by atoms with E-state index in [1.807, 2.05) is 17.1 Å². The SMILES string of the molecule is CC1(C)CC(Cn2cc(C#CCN)cn2)C1. The van der Waals surface area contributed by atoms with Crippen LogP contribution in [-0.4, -0.2) is 16.3 Å². The molecule has 86 valence electrons. The highest BCUT2D eigenvalue weighted by Gasteiger charge is 2.35. The van der Waals surface area contributed by atoms with Gasteiger partial charge in [0, 0.05) is 12.7 Å². The fourth-order valence-corrected chi connectivity index (χ4v) is 2.58. The molecule has 2 N–H and O–H groups in total. The Labute approximate surface area is 97.0 Å². The molecule has 0 spiro atoms. The van der Waals surface area contributed by atoms with E-state index >= 15 is 0 Å². The van der Waals surface area contributed by atoms with Crippen molar-refractivity contribution >= 4 is 0 Å². The number of hydrogen-bond donors (Lipinski definition) is 1. The Bertz CT molecular complexity index is 412. The van der Waals surface area contributed by atoms with Crippen molar-refractivity contribution in [2.45, 2.75) is 33.2 Å². The maximum absolute atomic E-state index is 5.32. The molecular formula is C13H19N3. The Hall–Kier alpha value is -1.27. The zero-order chi connectivity index (χ0) is 11.6. The molecule has 1 heterocycles. The quantitative estimate of drug-likeness (QED) is 0.765. The van der Waals surface area contributed by atoms with Gasteiger partial charge < -0.3 is 5.73 Å². The molecule has 1 aromatic rings. The van der Waals surface area contributed by atoms with Gasteiger partial charge in [-0.3, -0.25) is 4.68 Å². The van der Waals surface area contributed by atoms with Crippen molar-refractivity contribution in [2.75, 3.05) is 6.54 Å². The van der Waals surface area contributed by atoms with E-state index in [0.29, 0.717) is 12.0 Å². The molecule has 0 amide bonds. The first-order valence-corrected chi connectivity index (χ1v) is 5.80. The van der Waals surface area contributed by atoms with Crippen LogP contribution in [0.15, 0.2) is 12.4 Å². The van der Waals surface area contributed by atoms with Crippen LogP contribution in [0.2, 0.25) is 0 Å². The molecule has 1 aliphatic rings. The summed E-state index contributed by atoms with van der Waals surface area (Å²) < 4.78 is 2.00. The molecule has 3 nitrogen and oxygen atoms in total. The average molecular weight is 217 g/mol. The van der Waals surface area contributed by atoms with E-state index in [1.165, 1.54) is 12.8 Å². The first-order chi connectivity index (χ1) is 7.59. The molecule has 3 heteroatoms. The summed E-state index contributed by atoms with van der Waals surface area (Å²) in [6, 6.07) is 0. The Balaban J connectivity index is 1.89. The van der Waals surface area contributed by atoms with Gasteiger partial charge in [0.25, 0.3) is 0 Å². The van der Waals surface area contributed by atoms with Crippen molar-refractivity contribution in [2.24, 2.45) is 17.1 Å². The van der Waals surface area contributed by atoms with Crippen LogP contribution in [-0.2, 0) is 6.54 Å². The van der Waals surface area contributed by atoms with Crippen LogP contribution >= 0.6 is 0 Å². The Morgan fingerprint density at radius 1 is 1.56 bits per heavy atom. The molecule has 1 aromatic heterocycles. The molecule has 1 aliphatic carbocycles. The maximum atomic E-state index is 5.32. The third-order valence-electron chi connectivity index (χ3n) is 3.10. The second-order valence-electron chi connectivity index (χ2n) is 5.40. The van der Waals surface area contributed by atoms with Gasteiger partial charge in [-0.1, -0.05) is 25.7 Å². The highest BCUT2D eigenvalue weighted by Crippen LogP contribution is 2.45. The number of rotatable bonds is 2. The molecule has 0 saturated heterocycles. The molecule has 0 atom stereocenters. The van der Waals surface area contributed by atoms with Crippen molar-refractivity contribution in [1.29, 1.82) is 0 Å². The largest absolute Gasteiger partial charge is 0.320 e. The summed E-state index contributed by atoms with van der Waals surface area (Å²) >= 11 is 0. The fraction of sp³-hybridized carbons (Fsp3) is 0.615. The first kappa shape index (κ1) is 11.2. The molecule has 0 aliphatic heterocycles. The first-order valence-electron chi connectivity index (χ1n) is 5.80. The van der Waals surface area contributed by atoms with Gasteiger partial charge in [0.05, 0.1) is 18.3 Å². The maximum Gasteiger partial charge on any atom is 0.0646 e. The lowest BCUT2D eigenvalue weighted by atomic mass is 9.64. The zero-order valence-corrected chi connectivity index (χ0v) is 10.0. The standard InChI is InChI=1S/C13H19N3/c1-13(2)6-12(7-13)10-16-9-11(8-15-16)4-3-5-14/h8-9,12H,5-7,10,14H2,1-2H3. The van der Waals surface area contributed by atoms with Crippen LogP contribution in [0.5, 0.6) is 0 Å². The summed E-state index contributed by atoms with van der Waals surface area (Å²) in [6.07, 6.45) is 6.42. The summed E-state index contributed by atoms with van der Waals surface area (Å²) in [6.45, 7) is 6.07. The molecule has 0 aromatic carbocycles. The van der Waals surface area contributed by atoms with Gasteiger partial charge in [0.2, 0.25) is 0 Å². The molecule has 0 radical (unpaired) electrons. The third-order valence-corrected chi connectivity index (χ3v) is 3.10. The van der Waals surface area contributed by atoms with Crippen LogP contribution in [0.4, 0.5) is 0 Å². The van der Waals surface area contributed by atoms with E-state index in [4.69, 9.17) is 5.73 Å². The van der Waals surface area contributed by atoms with Crippen molar-refractivity contribution in [1.82, 2.24) is 9.78 Å². The molecule has 1 fully saturated rings. The van der Waals surface area contributed by atoms with E-state index in [9.17, 15) is 0 Å². The van der Waals surface area contributed by atoms with Crippen molar-refractivity contribution < 1.29 is 0 Å². The number of nitrogens with zero attached hydrogens (tertiary/aromatic N) is 2. The van der Waals surface area contributed by atoms with Gasteiger partial charge in [0.1, 0.15) is 0 Å². The monoisotopic (exact) mass is 217 g/mol. The van der Waals surface area contributed by atoms with E-state index in [-0.39, 0.29) is 0 Å². The summed E-state index contributed by atoms with van der Waals surface area (Å²) in [7, 11) is 0. The number of hydrogen-bond acceptors (Lipinski definition) is 2. The topological polar surface area (TPSA) is 43.8 Å². The van der Waals surface area contributed by atoms with E-state index in [2.05, 4.69) is 30.8 Å². The lowest BCUT2D eigenvalue weighted by Gasteiger charge is -2.42. The Morgan fingerprint density at radius 2 is 2.31 bits per heavy atom. The minimum Gasteiger partial charge on any atom is -0.320 e. The third kappa shape index (κ3) is 2.65. The van der Waals surface area contributed by atoms with Gasteiger partial charge in [-0.25, -0.2) is 0 Å². The summed E-state index contributed by atoms with van der Waals surface area (Å²) in [5, 5.41) is 4.31. The molecule has 16 heavy (non-hydrogen) atoms. The second kappa shape index (κ2) is 4.31. The summed E-state index contributed by atoms with van der Waals surface area (Å²) in [5.74, 6) is 6.61. The van der Waals surface area contributed by atoms with Gasteiger partial charge in [0.15, 0.2) is 0 Å². The zero-order valence-electron chi connectivity index (χ0n) is 10.0. The fourth-order valence-electron chi connectivity index (χ4n) is 2.58. The lowest BCUT2D eigenvalue weighted by Crippen LogP contribution is -2.34. The van der Waals surface area contributed by atoms with Gasteiger partial charge in [-0.2, -0.15) is 5.10 Å². The van der Waals surface area contributed by atoms with Crippen LogP contribution < -0.4 is 5.73 Å². The number of nitrogens with two attached hydrogens (primary N) is 1. The predicted molar refractivity (Wildman–Crippen MR) is 64.7 cm³/mol. The van der Waals surface area contributed by atoms with E-state index in [0.717, 1.165) is 18.0 Å². The normalized spacial score (nSPS) is 18.7. The smallest absolute Gasteiger partial charge is 0.0646 e. The lowest BCUT2D eigenvalue weighted by molar-refractivity contribution is 0.0800. The molecule has 2 rings (SSSR count). The van der Waals surface area contributed by atoms with E-state index in [1.54, 1.807) is 0 Å². The highest BCUT2D eigenvalue weighted by atomic mass is 15.3. The van der Waals surface area contributed by atoms with Crippen molar-refractivity contribution in [3.63, 3.8) is 0 Å². The molecule has 0 unspecified atom stereocenters. The Kier molecular flexibility index (Phi) is 3.02. The van der Waals surface area contributed by atoms with Gasteiger partial charge >= 0.3 is 0 Å². The van der Waals surface area contributed by atoms with Gasteiger partial charge in [-0.15, -0.1) is 0 Å². The van der Waals surface area contributed by atoms with Crippen LogP contribution in [0.3, 0.4) is 0 Å². The second-order valence-corrected chi connectivity index (χ2v) is 5.40. The predicted octanol–water partition coefficient (Wildman–Crippen LogP) is 1.63. The van der Waals surface area contributed by atoms with Gasteiger partial charge in [-0.05, 0) is 24.2 Å². The van der Waals surface area contributed by atoms with Crippen molar-refractivity contribution in [3.05, 3.63) is 18.0 Å². The summed E-state index contributed by atoms with van der Waals surface area (Å²) in [4.78, 5) is 0. The van der Waals surface area contributed by atoms with E-state index < -0.39 is 0 Å².